The molecule has 1 fully saturated rings. The van der Waals surface area contributed by atoms with Crippen LogP contribution in [0.5, 0.6) is 11.5 Å². The average Bonchev–Trinajstić information content (AvgIpc) is 3.20. The largest absolute Gasteiger partial charge is 0.497 e. The quantitative estimate of drug-likeness (QED) is 0.395. The summed E-state index contributed by atoms with van der Waals surface area (Å²) in [6, 6.07) is 5.71. The van der Waals surface area contributed by atoms with Crippen LogP contribution in [-0.4, -0.2) is 56.2 Å². The molecule has 0 saturated carbocycles. The summed E-state index contributed by atoms with van der Waals surface area (Å²) in [5, 5.41) is 3.07. The zero-order valence-electron chi connectivity index (χ0n) is 14.9. The first-order valence-corrected chi connectivity index (χ1v) is 8.99. The predicted octanol–water partition coefficient (Wildman–Crippen LogP) is 2.42. The maximum Gasteiger partial charge on any atom is 0.191 e. The van der Waals surface area contributed by atoms with Crippen LogP contribution in [0.3, 0.4) is 0 Å². The Kier molecular flexibility index (Phi) is 7.76. The third-order valence-corrected chi connectivity index (χ3v) is 5.03. The third kappa shape index (κ3) is 4.91. The highest BCUT2D eigenvalue weighted by Crippen LogP contribution is 2.25. The second kappa shape index (κ2) is 9.81. The maximum absolute atomic E-state index is 6.19. The number of benzene rings is 1. The van der Waals surface area contributed by atoms with Gasteiger partial charge in [0.2, 0.25) is 0 Å². The van der Waals surface area contributed by atoms with Crippen molar-refractivity contribution >= 4 is 46.4 Å². The van der Waals surface area contributed by atoms with Crippen LogP contribution in [0.15, 0.2) is 34.8 Å². The van der Waals surface area contributed by atoms with Crippen molar-refractivity contribution in [3.63, 3.8) is 0 Å². The van der Waals surface area contributed by atoms with E-state index in [0.717, 1.165) is 48.4 Å². The Morgan fingerprint density at radius 3 is 2.62 bits per heavy atom. The number of ether oxygens (including phenoxy) is 2. The molecule has 26 heavy (non-hydrogen) atoms. The molecule has 1 aromatic heterocycles. The number of anilines is 1. The summed E-state index contributed by atoms with van der Waals surface area (Å²) in [5.74, 6) is 2.08. The van der Waals surface area contributed by atoms with E-state index in [1.165, 1.54) is 0 Å². The monoisotopic (exact) mass is 489 g/mol. The molecule has 0 amide bonds. The number of guanidine groups is 1. The van der Waals surface area contributed by atoms with Crippen molar-refractivity contribution < 1.29 is 9.47 Å². The van der Waals surface area contributed by atoms with E-state index >= 15 is 0 Å². The van der Waals surface area contributed by atoms with E-state index in [-0.39, 0.29) is 24.0 Å². The topological polar surface area (TPSA) is 76.2 Å². The molecule has 9 heteroatoms. The van der Waals surface area contributed by atoms with Gasteiger partial charge in [-0.2, -0.15) is 0 Å². The molecule has 142 valence electrons. The highest BCUT2D eigenvalue weighted by Gasteiger charge is 2.19. The van der Waals surface area contributed by atoms with Crippen molar-refractivity contribution in [2.45, 2.75) is 6.54 Å². The van der Waals surface area contributed by atoms with Gasteiger partial charge >= 0.3 is 0 Å². The highest BCUT2D eigenvalue weighted by atomic mass is 127. The molecule has 3 rings (SSSR count). The van der Waals surface area contributed by atoms with E-state index in [2.05, 4.69) is 19.8 Å². The first kappa shape index (κ1) is 20.6. The molecule has 1 aromatic carbocycles. The SMILES string of the molecule is COc1ccc(CN=C(N)N2CCN(c3nccs3)CC2)c(OC)c1.I. The molecular formula is C17H24IN5O2S. The number of rotatable bonds is 5. The lowest BCUT2D eigenvalue weighted by Crippen LogP contribution is -2.51. The molecule has 1 saturated heterocycles. The van der Waals surface area contributed by atoms with Crippen LogP contribution in [0.4, 0.5) is 5.13 Å². The van der Waals surface area contributed by atoms with Gasteiger partial charge in [0.15, 0.2) is 11.1 Å². The number of methoxy groups -OCH3 is 2. The van der Waals surface area contributed by atoms with Crippen molar-refractivity contribution in [3.8, 4) is 11.5 Å². The summed E-state index contributed by atoms with van der Waals surface area (Å²) < 4.78 is 10.6. The van der Waals surface area contributed by atoms with E-state index in [1.54, 1.807) is 25.6 Å². The minimum Gasteiger partial charge on any atom is -0.497 e. The highest BCUT2D eigenvalue weighted by molar-refractivity contribution is 14.0. The van der Waals surface area contributed by atoms with Crippen LogP contribution in [0.25, 0.3) is 0 Å². The van der Waals surface area contributed by atoms with Crippen LogP contribution in [0, 0.1) is 0 Å². The summed E-state index contributed by atoms with van der Waals surface area (Å²) in [5.41, 5.74) is 7.17. The molecule has 1 aliphatic rings. The van der Waals surface area contributed by atoms with Gasteiger partial charge in [-0.15, -0.1) is 35.3 Å². The molecule has 0 radical (unpaired) electrons. The van der Waals surface area contributed by atoms with E-state index < -0.39 is 0 Å². The van der Waals surface area contributed by atoms with Gasteiger partial charge in [-0.25, -0.2) is 9.98 Å². The second-order valence-corrected chi connectivity index (χ2v) is 6.51. The van der Waals surface area contributed by atoms with Crippen molar-refractivity contribution in [1.29, 1.82) is 0 Å². The fourth-order valence-electron chi connectivity index (χ4n) is 2.75. The molecule has 0 bridgehead atoms. The fourth-order valence-corrected chi connectivity index (χ4v) is 3.44. The van der Waals surface area contributed by atoms with E-state index in [4.69, 9.17) is 15.2 Å². The molecule has 0 spiro atoms. The van der Waals surface area contributed by atoms with Crippen LogP contribution in [0.1, 0.15) is 5.56 Å². The van der Waals surface area contributed by atoms with Gasteiger partial charge in [-0.05, 0) is 12.1 Å². The second-order valence-electron chi connectivity index (χ2n) is 5.64. The van der Waals surface area contributed by atoms with Gasteiger partial charge in [-0.3, -0.25) is 0 Å². The summed E-state index contributed by atoms with van der Waals surface area (Å²) in [6.45, 7) is 3.96. The number of halogens is 1. The predicted molar refractivity (Wildman–Crippen MR) is 116 cm³/mol. The van der Waals surface area contributed by atoms with E-state index in [9.17, 15) is 0 Å². The molecule has 0 unspecified atom stereocenters. The first-order valence-electron chi connectivity index (χ1n) is 8.11. The van der Waals surface area contributed by atoms with Crippen LogP contribution in [0.2, 0.25) is 0 Å². The molecule has 0 aliphatic carbocycles. The Morgan fingerprint density at radius 1 is 1.23 bits per heavy atom. The Bertz CT molecular complexity index is 718. The van der Waals surface area contributed by atoms with Crippen LogP contribution in [-0.2, 0) is 6.54 Å². The van der Waals surface area contributed by atoms with Crippen molar-refractivity contribution in [3.05, 3.63) is 35.3 Å². The Hall–Kier alpha value is -1.75. The molecule has 2 heterocycles. The number of aliphatic imine (C=N–C) groups is 1. The van der Waals surface area contributed by atoms with E-state index in [0.29, 0.717) is 12.5 Å². The molecule has 0 atom stereocenters. The van der Waals surface area contributed by atoms with Gasteiger partial charge in [0, 0.05) is 49.4 Å². The minimum atomic E-state index is 0. The van der Waals surface area contributed by atoms with E-state index in [1.807, 2.05) is 29.8 Å². The lowest BCUT2D eigenvalue weighted by Gasteiger charge is -2.35. The molecule has 7 nitrogen and oxygen atoms in total. The Morgan fingerprint density at radius 2 is 2.00 bits per heavy atom. The molecule has 1 aliphatic heterocycles. The summed E-state index contributed by atoms with van der Waals surface area (Å²) >= 11 is 1.66. The zero-order chi connectivity index (χ0) is 17.6. The number of piperazine rings is 1. The van der Waals surface area contributed by atoms with Gasteiger partial charge < -0.3 is 25.0 Å². The number of nitrogens with zero attached hydrogens (tertiary/aromatic N) is 4. The Balaban J connectivity index is 0.00000243. The summed E-state index contributed by atoms with van der Waals surface area (Å²) in [4.78, 5) is 13.3. The maximum atomic E-state index is 6.19. The summed E-state index contributed by atoms with van der Waals surface area (Å²) in [6.07, 6.45) is 1.84. The number of thiazole rings is 1. The summed E-state index contributed by atoms with van der Waals surface area (Å²) in [7, 11) is 3.28. The van der Waals surface area contributed by atoms with Crippen molar-refractivity contribution in [2.75, 3.05) is 45.3 Å². The van der Waals surface area contributed by atoms with Gasteiger partial charge in [0.1, 0.15) is 11.5 Å². The smallest absolute Gasteiger partial charge is 0.191 e. The molecule has 2 aromatic rings. The standard InChI is InChI=1S/C17H23N5O2S.HI/c1-23-14-4-3-13(15(11-14)24-2)12-20-16(18)21-6-8-22(9-7-21)17-19-5-10-25-17;/h3-5,10-11H,6-9,12H2,1-2H3,(H2,18,20);1H. The van der Waals surface area contributed by atoms with Crippen LogP contribution < -0.4 is 20.1 Å². The van der Waals surface area contributed by atoms with Crippen LogP contribution >= 0.6 is 35.3 Å². The minimum absolute atomic E-state index is 0. The van der Waals surface area contributed by atoms with Crippen molar-refractivity contribution in [1.82, 2.24) is 9.88 Å². The fraction of sp³-hybridized carbons (Fsp3) is 0.412. The lowest BCUT2D eigenvalue weighted by atomic mass is 10.2. The third-order valence-electron chi connectivity index (χ3n) is 4.20. The van der Waals surface area contributed by atoms with Gasteiger partial charge in [-0.1, -0.05) is 0 Å². The molecule has 2 N–H and O–H groups in total. The molecular weight excluding hydrogens is 465 g/mol. The number of nitrogens with two attached hydrogens (primary N) is 1. The first-order chi connectivity index (χ1) is 12.2. The van der Waals surface area contributed by atoms with Gasteiger partial charge in [0.25, 0.3) is 0 Å². The number of aromatic nitrogens is 1. The zero-order valence-corrected chi connectivity index (χ0v) is 18.1. The normalized spacial score (nSPS) is 14.8. The van der Waals surface area contributed by atoms with Gasteiger partial charge in [0.05, 0.1) is 20.8 Å². The number of hydrogen-bond acceptors (Lipinski definition) is 6. The lowest BCUT2D eigenvalue weighted by molar-refractivity contribution is 0.379. The average molecular weight is 489 g/mol. The Labute approximate surface area is 174 Å². The number of hydrogen-bond donors (Lipinski definition) is 1. The van der Waals surface area contributed by atoms with Crippen molar-refractivity contribution in [2.24, 2.45) is 10.7 Å².